The number of ketones is 1. The van der Waals surface area contributed by atoms with Gasteiger partial charge in [-0.25, -0.2) is 0 Å². The lowest BCUT2D eigenvalue weighted by molar-refractivity contribution is -0.168. The van der Waals surface area contributed by atoms with E-state index in [0.717, 1.165) is 48.9 Å². The van der Waals surface area contributed by atoms with Crippen LogP contribution in [0.5, 0.6) is 0 Å². The first-order valence-corrected chi connectivity index (χ1v) is 12.1. The first kappa shape index (κ1) is 18.6. The van der Waals surface area contributed by atoms with Gasteiger partial charge in [-0.1, -0.05) is 6.92 Å². The summed E-state index contributed by atoms with van der Waals surface area (Å²) in [7, 11) is 0. The van der Waals surface area contributed by atoms with Gasteiger partial charge >= 0.3 is 0 Å². The van der Waals surface area contributed by atoms with Crippen LogP contribution in [0, 0.1) is 46.3 Å². The summed E-state index contributed by atoms with van der Waals surface area (Å²) < 4.78 is 0. The molecule has 27 heavy (non-hydrogen) atoms. The van der Waals surface area contributed by atoms with Gasteiger partial charge < -0.3 is 5.11 Å². The molecule has 0 aromatic carbocycles. The van der Waals surface area contributed by atoms with Crippen molar-refractivity contribution in [2.75, 3.05) is 0 Å². The minimum absolute atomic E-state index is 0.324. The molecule has 5 aliphatic carbocycles. The van der Waals surface area contributed by atoms with Crippen LogP contribution in [0.1, 0.15) is 97.8 Å². The highest BCUT2D eigenvalue weighted by Crippen LogP contribution is 2.73. The monoisotopic (exact) mass is 372 g/mol. The number of fused-ring (bicyclic) bond motifs is 5. The molecule has 152 valence electrons. The fourth-order valence-corrected chi connectivity index (χ4v) is 9.69. The standard InChI is InChI=1S/C25H40O2/c1-4-24-12-11-22-19(21(24)10-9-20(24)16(2)26)8-7-18-15-23(3,27)13-14-25(18,22)17-5-6-17/h17-22,27H,4-15H2,1-3H3/t18-,19+,20-,21+,22+,23-,24-,25-/m1/s1. The minimum atomic E-state index is -0.426. The summed E-state index contributed by atoms with van der Waals surface area (Å²) in [6.07, 6.45) is 15.3. The van der Waals surface area contributed by atoms with Crippen LogP contribution in [-0.2, 0) is 4.79 Å². The Bertz CT molecular complexity index is 620. The summed E-state index contributed by atoms with van der Waals surface area (Å²) in [5.41, 5.74) is 0.439. The van der Waals surface area contributed by atoms with E-state index in [2.05, 4.69) is 13.8 Å². The molecule has 0 heterocycles. The second-order valence-corrected chi connectivity index (χ2v) is 11.6. The van der Waals surface area contributed by atoms with Crippen molar-refractivity contribution in [2.45, 2.75) is 103 Å². The SMILES string of the molecule is CC[C@]12CC[C@H]3[C@@H](CC[C@@H]4C[C@](C)(O)CC[C@@]43C3CC3)[C@@H]1CC[C@@H]2C(C)=O. The molecule has 5 rings (SSSR count). The third-order valence-electron chi connectivity index (χ3n) is 10.7. The molecule has 0 aromatic heterocycles. The van der Waals surface area contributed by atoms with Gasteiger partial charge in [0, 0.05) is 5.92 Å². The summed E-state index contributed by atoms with van der Waals surface area (Å²) in [6, 6.07) is 0. The highest BCUT2D eigenvalue weighted by molar-refractivity contribution is 5.79. The van der Waals surface area contributed by atoms with Crippen LogP contribution in [0.15, 0.2) is 0 Å². The van der Waals surface area contributed by atoms with Gasteiger partial charge in [-0.3, -0.25) is 4.79 Å². The predicted molar refractivity (Wildman–Crippen MR) is 108 cm³/mol. The van der Waals surface area contributed by atoms with Crippen LogP contribution in [0.2, 0.25) is 0 Å². The van der Waals surface area contributed by atoms with E-state index in [0.29, 0.717) is 22.5 Å². The van der Waals surface area contributed by atoms with Gasteiger partial charge in [-0.2, -0.15) is 0 Å². The number of Topliss-reactive ketones (excluding diaryl/α,β-unsaturated/α-hetero) is 1. The third-order valence-corrected chi connectivity index (χ3v) is 10.7. The van der Waals surface area contributed by atoms with E-state index in [4.69, 9.17) is 0 Å². The molecule has 0 spiro atoms. The van der Waals surface area contributed by atoms with Gasteiger partial charge in [0.2, 0.25) is 0 Å². The van der Waals surface area contributed by atoms with E-state index in [1.165, 1.54) is 57.8 Å². The molecule has 5 fully saturated rings. The minimum Gasteiger partial charge on any atom is -0.390 e. The summed E-state index contributed by atoms with van der Waals surface area (Å²) in [4.78, 5) is 12.5. The van der Waals surface area contributed by atoms with Crippen molar-refractivity contribution < 1.29 is 9.90 Å². The lowest BCUT2D eigenvalue weighted by Gasteiger charge is -2.63. The molecule has 0 amide bonds. The Kier molecular flexibility index (Phi) is 4.19. The van der Waals surface area contributed by atoms with Crippen molar-refractivity contribution in [1.82, 2.24) is 0 Å². The van der Waals surface area contributed by atoms with Gasteiger partial charge in [0.15, 0.2) is 0 Å². The topological polar surface area (TPSA) is 37.3 Å². The van der Waals surface area contributed by atoms with Gasteiger partial charge in [-0.05, 0) is 131 Å². The maximum absolute atomic E-state index is 12.5. The van der Waals surface area contributed by atoms with Crippen molar-refractivity contribution >= 4 is 5.78 Å². The van der Waals surface area contributed by atoms with E-state index in [-0.39, 0.29) is 0 Å². The molecule has 0 aromatic rings. The van der Waals surface area contributed by atoms with Crippen molar-refractivity contribution in [3.63, 3.8) is 0 Å². The van der Waals surface area contributed by atoms with E-state index >= 15 is 0 Å². The summed E-state index contributed by atoms with van der Waals surface area (Å²) in [5, 5.41) is 10.8. The van der Waals surface area contributed by atoms with Crippen LogP contribution >= 0.6 is 0 Å². The Balaban J connectivity index is 1.49. The first-order valence-electron chi connectivity index (χ1n) is 12.1. The molecule has 0 aliphatic heterocycles. The lowest BCUT2D eigenvalue weighted by atomic mass is 9.41. The molecule has 5 saturated carbocycles. The number of rotatable bonds is 3. The summed E-state index contributed by atoms with van der Waals surface area (Å²) in [6.45, 7) is 6.32. The zero-order chi connectivity index (χ0) is 19.0. The van der Waals surface area contributed by atoms with Gasteiger partial charge in [0.25, 0.3) is 0 Å². The number of carbonyl (C=O) groups is 1. The van der Waals surface area contributed by atoms with Crippen molar-refractivity contribution in [1.29, 1.82) is 0 Å². The quantitative estimate of drug-likeness (QED) is 0.683. The van der Waals surface area contributed by atoms with Crippen molar-refractivity contribution in [3.05, 3.63) is 0 Å². The molecule has 0 unspecified atom stereocenters. The number of hydrogen-bond acceptors (Lipinski definition) is 2. The van der Waals surface area contributed by atoms with Gasteiger partial charge in [0.1, 0.15) is 5.78 Å². The lowest BCUT2D eigenvalue weighted by Crippen LogP contribution is -2.58. The van der Waals surface area contributed by atoms with E-state index in [1.807, 2.05) is 6.92 Å². The number of aliphatic hydroxyl groups is 1. The number of hydrogen-bond donors (Lipinski definition) is 1. The molecule has 0 radical (unpaired) electrons. The van der Waals surface area contributed by atoms with E-state index < -0.39 is 5.60 Å². The summed E-state index contributed by atoms with van der Waals surface area (Å²) in [5.74, 6) is 5.07. The third kappa shape index (κ3) is 2.50. The van der Waals surface area contributed by atoms with Crippen molar-refractivity contribution in [3.8, 4) is 0 Å². The van der Waals surface area contributed by atoms with E-state index in [9.17, 15) is 9.90 Å². The van der Waals surface area contributed by atoms with Crippen LogP contribution in [-0.4, -0.2) is 16.5 Å². The molecule has 8 atom stereocenters. The van der Waals surface area contributed by atoms with Crippen LogP contribution < -0.4 is 0 Å². The maximum atomic E-state index is 12.5. The zero-order valence-electron chi connectivity index (χ0n) is 17.8. The molecule has 2 nitrogen and oxygen atoms in total. The fourth-order valence-electron chi connectivity index (χ4n) is 9.69. The number of carbonyl (C=O) groups excluding carboxylic acids is 1. The highest BCUT2D eigenvalue weighted by Gasteiger charge is 2.66. The molecule has 0 bridgehead atoms. The van der Waals surface area contributed by atoms with Gasteiger partial charge in [0.05, 0.1) is 5.60 Å². The second-order valence-electron chi connectivity index (χ2n) is 11.6. The Hall–Kier alpha value is -0.370. The molecule has 0 saturated heterocycles. The van der Waals surface area contributed by atoms with Crippen LogP contribution in [0.25, 0.3) is 0 Å². The molecule has 1 N–H and O–H groups in total. The second kappa shape index (κ2) is 6.07. The van der Waals surface area contributed by atoms with Crippen LogP contribution in [0.3, 0.4) is 0 Å². The molecule has 2 heteroatoms. The smallest absolute Gasteiger partial charge is 0.133 e. The Morgan fingerprint density at radius 3 is 2.33 bits per heavy atom. The van der Waals surface area contributed by atoms with E-state index in [1.54, 1.807) is 0 Å². The summed E-state index contributed by atoms with van der Waals surface area (Å²) >= 11 is 0. The fraction of sp³-hybridized carbons (Fsp3) is 0.960. The largest absolute Gasteiger partial charge is 0.390 e. The predicted octanol–water partition coefficient (Wildman–Crippen LogP) is 5.77. The van der Waals surface area contributed by atoms with Gasteiger partial charge in [-0.15, -0.1) is 0 Å². The molecular formula is C25H40O2. The average Bonchev–Trinajstić information content (AvgIpc) is 3.40. The van der Waals surface area contributed by atoms with Crippen molar-refractivity contribution in [2.24, 2.45) is 46.3 Å². The first-order chi connectivity index (χ1) is 12.8. The Morgan fingerprint density at radius 1 is 0.926 bits per heavy atom. The Morgan fingerprint density at radius 2 is 1.67 bits per heavy atom. The van der Waals surface area contributed by atoms with Crippen LogP contribution in [0.4, 0.5) is 0 Å². The molecular weight excluding hydrogens is 332 g/mol. The maximum Gasteiger partial charge on any atom is 0.133 e. The zero-order valence-corrected chi connectivity index (χ0v) is 17.8. The molecule has 5 aliphatic rings. The highest BCUT2D eigenvalue weighted by atomic mass is 16.3. The normalized spacial score (nSPS) is 54.7. The Labute approximate surface area is 165 Å². The average molecular weight is 373 g/mol.